The summed E-state index contributed by atoms with van der Waals surface area (Å²) in [7, 11) is 0. The summed E-state index contributed by atoms with van der Waals surface area (Å²) in [6.45, 7) is 3.22. The van der Waals surface area contributed by atoms with E-state index in [9.17, 15) is 4.79 Å². The van der Waals surface area contributed by atoms with E-state index in [1.807, 2.05) is 13.0 Å². The predicted octanol–water partition coefficient (Wildman–Crippen LogP) is 2.06. The molecule has 0 fully saturated rings. The van der Waals surface area contributed by atoms with Gasteiger partial charge in [-0.05, 0) is 19.1 Å². The van der Waals surface area contributed by atoms with Crippen LogP contribution < -0.4 is 4.74 Å². The van der Waals surface area contributed by atoms with Crippen LogP contribution in [-0.4, -0.2) is 11.1 Å². The fourth-order valence-corrected chi connectivity index (χ4v) is 1.27. The van der Waals surface area contributed by atoms with Crippen molar-refractivity contribution >= 4 is 16.9 Å². The summed E-state index contributed by atoms with van der Waals surface area (Å²) in [4.78, 5) is 10.7. The smallest absolute Gasteiger partial charge is 0.308 e. The largest absolute Gasteiger partial charge is 0.427 e. The van der Waals surface area contributed by atoms with Crippen molar-refractivity contribution in [1.82, 2.24) is 5.16 Å². The lowest BCUT2D eigenvalue weighted by molar-refractivity contribution is -0.131. The zero-order valence-corrected chi connectivity index (χ0v) is 7.90. The monoisotopic (exact) mass is 191 g/mol. The number of esters is 1. The van der Waals surface area contributed by atoms with Gasteiger partial charge in [-0.1, -0.05) is 5.16 Å². The Balaban J connectivity index is 2.46. The average molecular weight is 191 g/mol. The van der Waals surface area contributed by atoms with Crippen LogP contribution in [-0.2, 0) is 4.79 Å². The lowest BCUT2D eigenvalue weighted by Crippen LogP contribution is -2.00. The van der Waals surface area contributed by atoms with Gasteiger partial charge in [0.25, 0.3) is 0 Å². The van der Waals surface area contributed by atoms with Gasteiger partial charge in [-0.2, -0.15) is 0 Å². The van der Waals surface area contributed by atoms with Gasteiger partial charge < -0.3 is 9.26 Å². The molecule has 4 heteroatoms. The van der Waals surface area contributed by atoms with Gasteiger partial charge in [0.2, 0.25) is 0 Å². The first kappa shape index (κ1) is 8.74. The Bertz CT molecular complexity index is 487. The van der Waals surface area contributed by atoms with E-state index in [1.165, 1.54) is 6.92 Å². The van der Waals surface area contributed by atoms with Gasteiger partial charge in [0.15, 0.2) is 5.58 Å². The molecule has 0 N–H and O–H groups in total. The number of hydrogen-bond acceptors (Lipinski definition) is 4. The van der Waals surface area contributed by atoms with Crippen LogP contribution in [0, 0.1) is 6.92 Å². The Hall–Kier alpha value is -1.84. The van der Waals surface area contributed by atoms with Gasteiger partial charge in [-0.15, -0.1) is 0 Å². The van der Waals surface area contributed by atoms with Crippen LogP contribution in [0.5, 0.6) is 5.75 Å². The van der Waals surface area contributed by atoms with Crippen molar-refractivity contribution in [1.29, 1.82) is 0 Å². The molecule has 0 atom stereocenters. The van der Waals surface area contributed by atoms with E-state index in [0.29, 0.717) is 11.3 Å². The summed E-state index contributed by atoms with van der Waals surface area (Å²) in [6, 6.07) is 5.18. The van der Waals surface area contributed by atoms with E-state index in [0.717, 1.165) is 11.1 Å². The number of aromatic nitrogens is 1. The molecule has 1 aromatic carbocycles. The molecule has 0 saturated heterocycles. The standard InChI is InChI=1S/C10H9NO3/c1-6-9-4-3-8(13-7(2)12)5-10(9)14-11-6/h3-5H,1-2H3. The third-order valence-electron chi connectivity index (χ3n) is 1.89. The fraction of sp³-hybridized carbons (Fsp3) is 0.200. The first-order valence-corrected chi connectivity index (χ1v) is 4.21. The highest BCUT2D eigenvalue weighted by atomic mass is 16.5. The lowest BCUT2D eigenvalue weighted by atomic mass is 10.2. The van der Waals surface area contributed by atoms with Crippen molar-refractivity contribution in [3.63, 3.8) is 0 Å². The van der Waals surface area contributed by atoms with E-state index in [2.05, 4.69) is 5.16 Å². The topological polar surface area (TPSA) is 52.3 Å². The normalized spacial score (nSPS) is 10.4. The van der Waals surface area contributed by atoms with E-state index >= 15 is 0 Å². The van der Waals surface area contributed by atoms with Crippen molar-refractivity contribution in [2.24, 2.45) is 0 Å². The Morgan fingerprint density at radius 3 is 3.00 bits per heavy atom. The molecule has 0 saturated carbocycles. The number of ether oxygens (including phenoxy) is 1. The number of carbonyl (C=O) groups is 1. The maximum absolute atomic E-state index is 10.7. The summed E-state index contributed by atoms with van der Waals surface area (Å²) in [5, 5.41) is 4.73. The van der Waals surface area contributed by atoms with Gasteiger partial charge in [0, 0.05) is 18.4 Å². The SMILES string of the molecule is CC(=O)Oc1ccc2c(C)noc2c1. The summed E-state index contributed by atoms with van der Waals surface area (Å²) >= 11 is 0. The van der Waals surface area contributed by atoms with Gasteiger partial charge in [-0.25, -0.2) is 0 Å². The predicted molar refractivity (Wildman–Crippen MR) is 50.1 cm³/mol. The Kier molecular flexibility index (Phi) is 1.96. The van der Waals surface area contributed by atoms with Gasteiger partial charge in [0.1, 0.15) is 5.75 Å². The second kappa shape index (κ2) is 3.14. The number of carbonyl (C=O) groups excluding carboxylic acids is 1. The van der Waals surface area contributed by atoms with Crippen molar-refractivity contribution in [2.45, 2.75) is 13.8 Å². The molecule has 72 valence electrons. The highest BCUT2D eigenvalue weighted by Crippen LogP contribution is 2.23. The molecule has 0 aliphatic rings. The van der Waals surface area contributed by atoms with Gasteiger partial charge >= 0.3 is 5.97 Å². The third kappa shape index (κ3) is 1.46. The second-order valence-corrected chi connectivity index (χ2v) is 3.02. The Morgan fingerprint density at radius 2 is 2.29 bits per heavy atom. The van der Waals surface area contributed by atoms with Gasteiger partial charge in [-0.3, -0.25) is 4.79 Å². The maximum atomic E-state index is 10.7. The van der Waals surface area contributed by atoms with Crippen LogP contribution in [0.4, 0.5) is 0 Å². The molecular weight excluding hydrogens is 182 g/mol. The molecule has 0 radical (unpaired) electrons. The number of rotatable bonds is 1. The quantitative estimate of drug-likeness (QED) is 0.511. The number of benzene rings is 1. The number of aryl methyl sites for hydroxylation is 1. The molecule has 2 aromatic rings. The van der Waals surface area contributed by atoms with Crippen LogP contribution in [0.2, 0.25) is 0 Å². The summed E-state index contributed by atoms with van der Waals surface area (Å²) < 4.78 is 9.93. The average Bonchev–Trinajstić information content (AvgIpc) is 2.46. The summed E-state index contributed by atoms with van der Waals surface area (Å²) in [5.41, 5.74) is 1.45. The summed E-state index contributed by atoms with van der Waals surface area (Å²) in [5.74, 6) is 0.127. The Labute approximate surface area is 80.4 Å². The molecule has 1 aromatic heterocycles. The first-order valence-electron chi connectivity index (χ1n) is 4.21. The second-order valence-electron chi connectivity index (χ2n) is 3.02. The van der Waals surface area contributed by atoms with Crippen molar-refractivity contribution in [2.75, 3.05) is 0 Å². The number of nitrogens with zero attached hydrogens (tertiary/aromatic N) is 1. The van der Waals surface area contributed by atoms with Crippen LogP contribution in [0.3, 0.4) is 0 Å². The van der Waals surface area contributed by atoms with Crippen molar-refractivity contribution in [3.05, 3.63) is 23.9 Å². The van der Waals surface area contributed by atoms with E-state index in [4.69, 9.17) is 9.26 Å². The van der Waals surface area contributed by atoms with Gasteiger partial charge in [0.05, 0.1) is 5.69 Å². The number of hydrogen-bond donors (Lipinski definition) is 0. The lowest BCUT2D eigenvalue weighted by Gasteiger charge is -1.98. The van der Waals surface area contributed by atoms with E-state index in [1.54, 1.807) is 12.1 Å². The molecule has 4 nitrogen and oxygen atoms in total. The Morgan fingerprint density at radius 1 is 1.50 bits per heavy atom. The zero-order valence-electron chi connectivity index (χ0n) is 7.90. The molecule has 0 spiro atoms. The minimum Gasteiger partial charge on any atom is -0.427 e. The zero-order chi connectivity index (χ0) is 10.1. The summed E-state index contributed by atoms with van der Waals surface area (Å²) in [6.07, 6.45) is 0. The van der Waals surface area contributed by atoms with Crippen LogP contribution in [0.1, 0.15) is 12.6 Å². The molecule has 0 aliphatic heterocycles. The van der Waals surface area contributed by atoms with E-state index < -0.39 is 0 Å². The molecule has 14 heavy (non-hydrogen) atoms. The highest BCUT2D eigenvalue weighted by Gasteiger charge is 2.06. The molecule has 2 rings (SSSR count). The first-order chi connectivity index (χ1) is 6.66. The fourth-order valence-electron chi connectivity index (χ4n) is 1.27. The highest BCUT2D eigenvalue weighted by molar-refractivity contribution is 5.81. The van der Waals surface area contributed by atoms with Crippen molar-refractivity contribution < 1.29 is 14.1 Å². The molecular formula is C10H9NO3. The molecule has 0 bridgehead atoms. The van der Waals surface area contributed by atoms with Crippen LogP contribution in [0.25, 0.3) is 11.0 Å². The maximum Gasteiger partial charge on any atom is 0.308 e. The number of fused-ring (bicyclic) bond motifs is 1. The third-order valence-corrected chi connectivity index (χ3v) is 1.89. The molecule has 0 amide bonds. The minimum atomic E-state index is -0.347. The molecule has 0 unspecified atom stereocenters. The molecule has 0 aliphatic carbocycles. The molecule has 1 heterocycles. The minimum absolute atomic E-state index is 0.347. The van der Waals surface area contributed by atoms with Crippen molar-refractivity contribution in [3.8, 4) is 5.75 Å². The van der Waals surface area contributed by atoms with Crippen LogP contribution >= 0.6 is 0 Å². The van der Waals surface area contributed by atoms with Crippen LogP contribution in [0.15, 0.2) is 22.7 Å². The van der Waals surface area contributed by atoms with E-state index in [-0.39, 0.29) is 5.97 Å².